The van der Waals surface area contributed by atoms with E-state index in [1.807, 2.05) is 0 Å². The van der Waals surface area contributed by atoms with E-state index in [4.69, 9.17) is 0 Å². The maximum absolute atomic E-state index is 13.0. The van der Waals surface area contributed by atoms with Gasteiger partial charge < -0.3 is 20.5 Å². The number of halogens is 3. The first-order chi connectivity index (χ1) is 20.2. The second-order valence-electron chi connectivity index (χ2n) is 12.5. The molecule has 3 N–H and O–H groups in total. The molecule has 1 saturated carbocycles. The third-order valence-corrected chi connectivity index (χ3v) is 9.64. The van der Waals surface area contributed by atoms with E-state index in [2.05, 4.69) is 21.7 Å². The molecular formula is C33H45F3N4O2. The lowest BCUT2D eigenvalue weighted by Gasteiger charge is -2.39. The lowest BCUT2D eigenvalue weighted by atomic mass is 9.78. The van der Waals surface area contributed by atoms with E-state index in [-0.39, 0.29) is 17.4 Å². The molecule has 230 valence electrons. The first-order valence-corrected chi connectivity index (χ1v) is 16.0. The summed E-state index contributed by atoms with van der Waals surface area (Å²) >= 11 is 0. The molecule has 2 fully saturated rings. The van der Waals surface area contributed by atoms with Crippen LogP contribution in [-0.4, -0.2) is 47.9 Å². The Bertz CT molecular complexity index is 1190. The summed E-state index contributed by atoms with van der Waals surface area (Å²) in [6, 6.07) is 6.58. The molecule has 3 heterocycles. The summed E-state index contributed by atoms with van der Waals surface area (Å²) in [7, 11) is 0. The Labute approximate surface area is 247 Å². The monoisotopic (exact) mass is 586 g/mol. The molecule has 2 aliphatic heterocycles. The number of nitrogens with one attached hydrogen (secondary N) is 3. The van der Waals surface area contributed by atoms with Crippen LogP contribution >= 0.6 is 0 Å². The number of rotatable bonds is 7. The minimum Gasteiger partial charge on any atom is -0.354 e. The van der Waals surface area contributed by atoms with Gasteiger partial charge in [-0.25, -0.2) is 0 Å². The van der Waals surface area contributed by atoms with Crippen LogP contribution in [0, 0.1) is 5.92 Å². The number of unbranched alkanes of at least 4 members (excludes halogenated alkanes) is 1. The number of likely N-dealkylation sites (tertiary alicyclic amines) is 1. The van der Waals surface area contributed by atoms with Crippen molar-refractivity contribution in [2.45, 2.75) is 102 Å². The highest BCUT2D eigenvalue weighted by molar-refractivity contribution is 5.94. The summed E-state index contributed by atoms with van der Waals surface area (Å²) in [5.41, 5.74) is 2.77. The van der Waals surface area contributed by atoms with Crippen molar-refractivity contribution in [1.82, 2.24) is 20.5 Å². The fraction of sp³-hybridized carbons (Fsp3) is 0.636. The van der Waals surface area contributed by atoms with Crippen molar-refractivity contribution in [2.24, 2.45) is 5.92 Å². The van der Waals surface area contributed by atoms with E-state index in [9.17, 15) is 22.8 Å². The average molecular weight is 587 g/mol. The predicted molar refractivity (Wildman–Crippen MR) is 157 cm³/mol. The van der Waals surface area contributed by atoms with Crippen LogP contribution in [0.4, 0.5) is 13.2 Å². The average Bonchev–Trinajstić information content (AvgIpc) is 3.47. The Morgan fingerprint density at radius 2 is 1.62 bits per heavy atom. The van der Waals surface area contributed by atoms with Gasteiger partial charge in [0.05, 0.1) is 5.56 Å². The summed E-state index contributed by atoms with van der Waals surface area (Å²) in [6.45, 7) is 2.83. The van der Waals surface area contributed by atoms with Gasteiger partial charge in [0.1, 0.15) is 5.69 Å². The molecule has 3 aliphatic rings. The van der Waals surface area contributed by atoms with E-state index < -0.39 is 11.7 Å². The molecule has 0 radical (unpaired) electrons. The number of amides is 2. The lowest BCUT2D eigenvalue weighted by molar-refractivity contribution is -0.137. The SMILES string of the molecule is O=C(NCCCCC1CCN(C(=O)c2ccc(C(F)(F)F)cc2)CC1)c1cc2c([nH]1)CCNC21CCCCCCCC1. The zero-order chi connectivity index (χ0) is 29.6. The summed E-state index contributed by atoms with van der Waals surface area (Å²) in [5.74, 6) is 0.282. The van der Waals surface area contributed by atoms with Gasteiger partial charge in [0.25, 0.3) is 11.8 Å². The van der Waals surface area contributed by atoms with Crippen LogP contribution in [0.3, 0.4) is 0 Å². The van der Waals surface area contributed by atoms with E-state index in [0.717, 1.165) is 70.0 Å². The van der Waals surface area contributed by atoms with Crippen molar-refractivity contribution >= 4 is 11.8 Å². The molecule has 0 unspecified atom stereocenters. The summed E-state index contributed by atoms with van der Waals surface area (Å²) in [6.07, 6.45) is 11.2. The Kier molecular flexibility index (Phi) is 9.96. The number of aromatic nitrogens is 1. The number of aromatic amines is 1. The topological polar surface area (TPSA) is 77.2 Å². The zero-order valence-corrected chi connectivity index (χ0v) is 24.6. The number of hydrogen-bond acceptors (Lipinski definition) is 3. The minimum atomic E-state index is -4.40. The van der Waals surface area contributed by atoms with Gasteiger partial charge in [0.2, 0.25) is 0 Å². The van der Waals surface area contributed by atoms with E-state index in [1.165, 1.54) is 61.9 Å². The molecular weight excluding hydrogens is 541 g/mol. The van der Waals surface area contributed by atoms with Crippen molar-refractivity contribution in [1.29, 1.82) is 0 Å². The Morgan fingerprint density at radius 1 is 0.952 bits per heavy atom. The minimum absolute atomic E-state index is 0.00484. The molecule has 1 saturated heterocycles. The first kappa shape index (κ1) is 30.6. The van der Waals surface area contributed by atoms with Crippen LogP contribution in [0.2, 0.25) is 0 Å². The molecule has 1 aromatic heterocycles. The van der Waals surface area contributed by atoms with Crippen molar-refractivity contribution in [3.05, 3.63) is 58.4 Å². The highest BCUT2D eigenvalue weighted by atomic mass is 19.4. The number of alkyl halides is 3. The number of carbonyl (C=O) groups is 2. The Hall–Kier alpha value is -2.81. The highest BCUT2D eigenvalue weighted by Gasteiger charge is 2.37. The van der Waals surface area contributed by atoms with E-state index in [1.54, 1.807) is 4.90 Å². The molecule has 42 heavy (non-hydrogen) atoms. The number of H-pyrrole nitrogens is 1. The van der Waals surface area contributed by atoms with E-state index >= 15 is 0 Å². The normalized spacial score (nSPS) is 19.9. The third kappa shape index (κ3) is 7.39. The molecule has 5 rings (SSSR count). The summed E-state index contributed by atoms with van der Waals surface area (Å²) in [5, 5.41) is 6.95. The van der Waals surface area contributed by atoms with Crippen LogP contribution < -0.4 is 10.6 Å². The van der Waals surface area contributed by atoms with Crippen molar-refractivity contribution in [3.8, 4) is 0 Å². The second-order valence-corrected chi connectivity index (χ2v) is 12.5. The van der Waals surface area contributed by atoms with Crippen LogP contribution in [0.5, 0.6) is 0 Å². The molecule has 0 atom stereocenters. The molecule has 9 heteroatoms. The maximum Gasteiger partial charge on any atom is 0.416 e. The standard InChI is InChI=1S/C33H45F3N4O2/c34-33(35,36)26-12-10-25(11-13-26)31(42)40-21-15-24(16-22-40)9-5-8-19-37-30(41)29-23-27-28(39-29)14-20-38-32(27)17-6-3-1-2-4-7-18-32/h10-13,23-24,38-39H,1-9,14-22H2,(H,37,41). The molecule has 1 aromatic carbocycles. The van der Waals surface area contributed by atoms with Gasteiger partial charge in [0, 0.05) is 49.4 Å². The van der Waals surface area contributed by atoms with Crippen LogP contribution in [0.25, 0.3) is 0 Å². The van der Waals surface area contributed by atoms with Crippen LogP contribution in [-0.2, 0) is 18.1 Å². The number of piperidine rings is 1. The van der Waals surface area contributed by atoms with Gasteiger partial charge in [-0.1, -0.05) is 51.4 Å². The number of carbonyl (C=O) groups excluding carboxylic acids is 2. The van der Waals surface area contributed by atoms with Crippen molar-refractivity contribution in [3.63, 3.8) is 0 Å². The second kappa shape index (κ2) is 13.7. The number of benzene rings is 1. The zero-order valence-electron chi connectivity index (χ0n) is 24.6. The Balaban J connectivity index is 1.03. The van der Waals surface area contributed by atoms with Crippen molar-refractivity contribution < 1.29 is 22.8 Å². The fourth-order valence-electron chi connectivity index (χ4n) is 7.16. The number of nitrogens with zero attached hydrogens (tertiary/aromatic N) is 1. The molecule has 1 aliphatic carbocycles. The van der Waals surface area contributed by atoms with Crippen molar-refractivity contribution in [2.75, 3.05) is 26.2 Å². The Morgan fingerprint density at radius 3 is 2.29 bits per heavy atom. The largest absolute Gasteiger partial charge is 0.416 e. The fourth-order valence-corrected chi connectivity index (χ4v) is 7.16. The molecule has 2 amide bonds. The lowest BCUT2D eigenvalue weighted by Crippen LogP contribution is -2.47. The quantitative estimate of drug-likeness (QED) is 0.307. The predicted octanol–water partition coefficient (Wildman–Crippen LogP) is 6.96. The van der Waals surface area contributed by atoms with Gasteiger partial charge >= 0.3 is 6.18 Å². The molecule has 6 nitrogen and oxygen atoms in total. The van der Waals surface area contributed by atoms with Gasteiger partial charge in [-0.15, -0.1) is 0 Å². The molecule has 2 aromatic rings. The van der Waals surface area contributed by atoms with Gasteiger partial charge in [-0.05, 0) is 73.9 Å². The smallest absolute Gasteiger partial charge is 0.354 e. The molecule has 1 spiro atoms. The van der Waals surface area contributed by atoms with Crippen LogP contribution in [0.1, 0.15) is 121 Å². The summed E-state index contributed by atoms with van der Waals surface area (Å²) in [4.78, 5) is 30.9. The van der Waals surface area contributed by atoms with E-state index in [0.29, 0.717) is 36.8 Å². The van der Waals surface area contributed by atoms with Crippen LogP contribution in [0.15, 0.2) is 30.3 Å². The van der Waals surface area contributed by atoms with Gasteiger partial charge in [-0.3, -0.25) is 9.59 Å². The first-order valence-electron chi connectivity index (χ1n) is 16.0. The maximum atomic E-state index is 13.0. The van der Waals surface area contributed by atoms with Gasteiger partial charge in [0.15, 0.2) is 0 Å². The third-order valence-electron chi connectivity index (χ3n) is 9.64. The van der Waals surface area contributed by atoms with Gasteiger partial charge in [-0.2, -0.15) is 13.2 Å². The number of hydrogen-bond donors (Lipinski definition) is 3. The number of fused-ring (bicyclic) bond motifs is 2. The highest BCUT2D eigenvalue weighted by Crippen LogP contribution is 2.39. The molecule has 0 bridgehead atoms. The summed E-state index contributed by atoms with van der Waals surface area (Å²) < 4.78 is 38.4.